The van der Waals surface area contributed by atoms with Crippen LogP contribution in [0.5, 0.6) is 0 Å². The predicted molar refractivity (Wildman–Crippen MR) is 80.6 cm³/mol. The third kappa shape index (κ3) is 4.20. The van der Waals surface area contributed by atoms with Gasteiger partial charge in [-0.05, 0) is 38.0 Å². The summed E-state index contributed by atoms with van der Waals surface area (Å²) in [4.78, 5) is 23.6. The Balaban J connectivity index is 2.10. The first-order chi connectivity index (χ1) is 10.2. The lowest BCUT2D eigenvalue weighted by Crippen LogP contribution is -2.37. The minimum Gasteiger partial charge on any atom is -0.449 e. The van der Waals surface area contributed by atoms with Gasteiger partial charge in [0, 0.05) is 12.3 Å². The van der Waals surface area contributed by atoms with Crippen molar-refractivity contribution in [2.75, 3.05) is 6.26 Å². The molecule has 0 heterocycles. The fraction of sp³-hybridized carbons (Fsp3) is 0.429. The maximum atomic E-state index is 12.0. The highest BCUT2D eigenvalue weighted by Crippen LogP contribution is 2.23. The molecule has 1 atom stereocenters. The van der Waals surface area contributed by atoms with Gasteiger partial charge in [-0.25, -0.2) is 13.2 Å². The van der Waals surface area contributed by atoms with Crippen molar-refractivity contribution in [2.24, 2.45) is 0 Å². The number of sulfone groups is 1. The van der Waals surface area contributed by atoms with E-state index in [-0.39, 0.29) is 27.4 Å². The molecule has 1 aliphatic rings. The minimum absolute atomic E-state index is 0.0240. The van der Waals surface area contributed by atoms with Crippen molar-refractivity contribution < 1.29 is 22.7 Å². The smallest absolute Gasteiger partial charge is 0.338 e. The second-order valence-electron chi connectivity index (χ2n) is 5.25. The average molecular weight is 346 g/mol. The number of carbonyl (C=O) groups is 2. The van der Waals surface area contributed by atoms with Crippen LogP contribution in [0.3, 0.4) is 0 Å². The Labute approximate surface area is 133 Å². The fourth-order valence-electron chi connectivity index (χ4n) is 1.74. The van der Waals surface area contributed by atoms with Gasteiger partial charge in [0.2, 0.25) is 0 Å². The fourth-order valence-corrected chi connectivity index (χ4v) is 3.04. The van der Waals surface area contributed by atoms with Gasteiger partial charge >= 0.3 is 5.97 Å². The predicted octanol–water partition coefficient (Wildman–Crippen LogP) is 1.57. The van der Waals surface area contributed by atoms with Crippen LogP contribution < -0.4 is 5.32 Å². The van der Waals surface area contributed by atoms with Gasteiger partial charge in [-0.2, -0.15) is 0 Å². The summed E-state index contributed by atoms with van der Waals surface area (Å²) in [5, 5.41) is 2.75. The summed E-state index contributed by atoms with van der Waals surface area (Å²) in [6.45, 7) is 1.46. The summed E-state index contributed by atoms with van der Waals surface area (Å²) in [6, 6.07) is 3.97. The highest BCUT2D eigenvalue weighted by atomic mass is 35.5. The highest BCUT2D eigenvalue weighted by molar-refractivity contribution is 7.90. The summed E-state index contributed by atoms with van der Waals surface area (Å²) in [5.74, 6) is -1.15. The number of nitrogens with one attached hydrogen (secondary N) is 1. The number of benzene rings is 1. The van der Waals surface area contributed by atoms with E-state index in [2.05, 4.69) is 5.32 Å². The number of hydrogen-bond acceptors (Lipinski definition) is 5. The summed E-state index contributed by atoms with van der Waals surface area (Å²) < 4.78 is 28.2. The molecule has 1 saturated carbocycles. The Morgan fingerprint density at radius 1 is 1.36 bits per heavy atom. The highest BCUT2D eigenvalue weighted by Gasteiger charge is 2.27. The van der Waals surface area contributed by atoms with Crippen LogP contribution in [0.1, 0.15) is 30.1 Å². The van der Waals surface area contributed by atoms with Crippen molar-refractivity contribution in [3.8, 4) is 0 Å². The second kappa shape index (κ2) is 6.26. The van der Waals surface area contributed by atoms with Gasteiger partial charge in [0.25, 0.3) is 5.91 Å². The molecule has 6 nitrogen and oxygen atoms in total. The summed E-state index contributed by atoms with van der Waals surface area (Å²) in [6.07, 6.45) is 1.91. The molecule has 1 N–H and O–H groups in total. The summed E-state index contributed by atoms with van der Waals surface area (Å²) in [5.41, 5.74) is 0.0240. The molecule has 0 radical (unpaired) electrons. The van der Waals surface area contributed by atoms with Crippen molar-refractivity contribution >= 4 is 33.3 Å². The lowest BCUT2D eigenvalue weighted by atomic mass is 10.2. The Morgan fingerprint density at radius 2 is 2.00 bits per heavy atom. The topological polar surface area (TPSA) is 89.5 Å². The van der Waals surface area contributed by atoms with Crippen LogP contribution in [-0.4, -0.2) is 38.7 Å². The molecule has 0 aromatic heterocycles. The summed E-state index contributed by atoms with van der Waals surface area (Å²) in [7, 11) is -3.56. The van der Waals surface area contributed by atoms with E-state index in [9.17, 15) is 18.0 Å². The zero-order chi connectivity index (χ0) is 16.5. The number of halogens is 1. The van der Waals surface area contributed by atoms with Crippen LogP contribution in [0.15, 0.2) is 23.1 Å². The van der Waals surface area contributed by atoms with Crippen LogP contribution in [0.2, 0.25) is 5.02 Å². The van der Waals surface area contributed by atoms with Crippen molar-refractivity contribution in [2.45, 2.75) is 36.8 Å². The van der Waals surface area contributed by atoms with E-state index in [4.69, 9.17) is 16.3 Å². The SMILES string of the molecule is C[C@H](OC(=O)c1ccc(Cl)c(S(C)(=O)=O)c1)C(=O)NC1CC1. The molecule has 0 unspecified atom stereocenters. The second-order valence-corrected chi connectivity index (χ2v) is 7.64. The van der Waals surface area contributed by atoms with E-state index in [1.54, 1.807) is 0 Å². The first kappa shape index (κ1) is 16.8. The van der Waals surface area contributed by atoms with E-state index >= 15 is 0 Å². The molecular weight excluding hydrogens is 330 g/mol. The normalized spacial score (nSPS) is 16.0. The molecule has 8 heteroatoms. The van der Waals surface area contributed by atoms with Crippen LogP contribution >= 0.6 is 11.6 Å². The van der Waals surface area contributed by atoms with Crippen LogP contribution in [0.4, 0.5) is 0 Å². The molecule has 1 fully saturated rings. The molecule has 1 aromatic rings. The molecule has 2 rings (SSSR count). The first-order valence-corrected chi connectivity index (χ1v) is 8.96. The zero-order valence-corrected chi connectivity index (χ0v) is 13.7. The number of hydrogen-bond donors (Lipinski definition) is 1. The maximum absolute atomic E-state index is 12.0. The Morgan fingerprint density at radius 3 is 2.55 bits per heavy atom. The lowest BCUT2D eigenvalue weighted by molar-refractivity contribution is -0.129. The molecule has 0 bridgehead atoms. The van der Waals surface area contributed by atoms with Gasteiger partial charge in [0.05, 0.1) is 15.5 Å². The molecule has 0 aliphatic heterocycles. The van der Waals surface area contributed by atoms with E-state index in [1.807, 2.05) is 0 Å². The number of carbonyl (C=O) groups excluding carboxylic acids is 2. The zero-order valence-electron chi connectivity index (χ0n) is 12.1. The number of amides is 1. The van der Waals surface area contributed by atoms with Crippen LogP contribution in [0, 0.1) is 0 Å². The molecular formula is C14H16ClNO5S. The maximum Gasteiger partial charge on any atom is 0.338 e. The minimum atomic E-state index is -3.56. The molecule has 120 valence electrons. The molecule has 0 spiro atoms. The monoisotopic (exact) mass is 345 g/mol. The number of rotatable bonds is 5. The van der Waals surface area contributed by atoms with Crippen molar-refractivity contribution in [3.05, 3.63) is 28.8 Å². The molecule has 22 heavy (non-hydrogen) atoms. The van der Waals surface area contributed by atoms with Crippen molar-refractivity contribution in [1.82, 2.24) is 5.32 Å². The van der Waals surface area contributed by atoms with Gasteiger partial charge in [-0.15, -0.1) is 0 Å². The number of ether oxygens (including phenoxy) is 1. The summed E-state index contributed by atoms with van der Waals surface area (Å²) >= 11 is 5.81. The first-order valence-electron chi connectivity index (χ1n) is 6.69. The quantitative estimate of drug-likeness (QED) is 0.818. The average Bonchev–Trinajstić information content (AvgIpc) is 3.21. The van der Waals surface area contributed by atoms with Gasteiger partial charge in [-0.3, -0.25) is 4.79 Å². The third-order valence-corrected chi connectivity index (χ3v) is 4.72. The molecule has 0 saturated heterocycles. The van der Waals surface area contributed by atoms with E-state index in [1.165, 1.54) is 19.1 Å². The molecule has 1 amide bonds. The van der Waals surface area contributed by atoms with Gasteiger partial charge in [0.1, 0.15) is 0 Å². The Kier molecular flexibility index (Phi) is 4.77. The number of esters is 1. The largest absolute Gasteiger partial charge is 0.449 e. The van der Waals surface area contributed by atoms with E-state index in [0.29, 0.717) is 0 Å². The van der Waals surface area contributed by atoms with E-state index in [0.717, 1.165) is 25.2 Å². The standard InChI is InChI=1S/C14H16ClNO5S/c1-8(13(17)16-10-4-5-10)21-14(18)9-3-6-11(15)12(7-9)22(2,19)20/h3,6-8,10H,4-5H2,1-2H3,(H,16,17)/t8-/m0/s1. The van der Waals surface area contributed by atoms with Crippen LogP contribution in [0.25, 0.3) is 0 Å². The van der Waals surface area contributed by atoms with E-state index < -0.39 is 21.9 Å². The Bertz CT molecular complexity index is 712. The lowest BCUT2D eigenvalue weighted by Gasteiger charge is -2.13. The van der Waals surface area contributed by atoms with Crippen molar-refractivity contribution in [1.29, 1.82) is 0 Å². The third-order valence-electron chi connectivity index (χ3n) is 3.14. The van der Waals surface area contributed by atoms with Crippen LogP contribution in [-0.2, 0) is 19.4 Å². The van der Waals surface area contributed by atoms with Crippen molar-refractivity contribution in [3.63, 3.8) is 0 Å². The van der Waals surface area contributed by atoms with Gasteiger partial charge < -0.3 is 10.1 Å². The molecule has 1 aliphatic carbocycles. The Hall–Kier alpha value is -1.60. The van der Waals surface area contributed by atoms with Gasteiger partial charge in [-0.1, -0.05) is 11.6 Å². The molecule has 1 aromatic carbocycles. The van der Waals surface area contributed by atoms with Gasteiger partial charge in [0.15, 0.2) is 15.9 Å².